The predicted molar refractivity (Wildman–Crippen MR) is 123 cm³/mol. The second kappa shape index (κ2) is 10.6. The Morgan fingerprint density at radius 3 is 2.58 bits per heavy atom. The van der Waals surface area contributed by atoms with Crippen molar-refractivity contribution in [3.8, 4) is 0 Å². The van der Waals surface area contributed by atoms with Crippen LogP contribution in [0.5, 0.6) is 0 Å². The Bertz CT molecular complexity index is 921. The van der Waals surface area contributed by atoms with Crippen molar-refractivity contribution in [2.75, 3.05) is 24.5 Å². The second-order valence-electron chi connectivity index (χ2n) is 7.79. The van der Waals surface area contributed by atoms with Gasteiger partial charge in [-0.05, 0) is 43.5 Å². The number of hydrogen-bond donors (Lipinski definition) is 2. The van der Waals surface area contributed by atoms with E-state index in [-0.39, 0.29) is 6.04 Å². The monoisotopic (exact) mass is 418 g/mol. The minimum absolute atomic E-state index is 0.161. The Hall–Kier alpha value is -3.35. The van der Waals surface area contributed by atoms with E-state index in [1.807, 2.05) is 24.3 Å². The number of rotatable bonds is 7. The molecule has 1 aliphatic heterocycles. The number of guanidine groups is 1. The molecule has 1 aromatic carbocycles. The molecule has 2 aromatic heterocycles. The summed E-state index contributed by atoms with van der Waals surface area (Å²) >= 11 is 0. The standard InChI is InChI=1S/C24H30N6O/c1-19(20-7-3-2-4-8-20)28-23(25-15-10-22-9-5-18-31-22)29-21-11-16-30(17-12-21)24-26-13-6-14-27-24/h2-9,13-14,18-19,21H,10-12,15-17H2,1H3,(H2,25,28,29). The molecule has 7 heteroatoms. The van der Waals surface area contributed by atoms with Crippen molar-refractivity contribution in [3.05, 3.63) is 78.5 Å². The van der Waals surface area contributed by atoms with E-state index in [1.54, 1.807) is 18.7 Å². The van der Waals surface area contributed by atoms with Gasteiger partial charge >= 0.3 is 0 Å². The lowest BCUT2D eigenvalue weighted by Gasteiger charge is -2.33. The van der Waals surface area contributed by atoms with Crippen LogP contribution in [0.25, 0.3) is 0 Å². The topological polar surface area (TPSA) is 78.6 Å². The van der Waals surface area contributed by atoms with Gasteiger partial charge in [0.15, 0.2) is 5.96 Å². The highest BCUT2D eigenvalue weighted by molar-refractivity contribution is 5.80. The summed E-state index contributed by atoms with van der Waals surface area (Å²) in [5, 5.41) is 7.22. The van der Waals surface area contributed by atoms with E-state index < -0.39 is 0 Å². The molecule has 7 nitrogen and oxygen atoms in total. The molecule has 0 amide bonds. The van der Waals surface area contributed by atoms with E-state index in [9.17, 15) is 0 Å². The number of benzene rings is 1. The summed E-state index contributed by atoms with van der Waals surface area (Å²) in [7, 11) is 0. The summed E-state index contributed by atoms with van der Waals surface area (Å²) in [6.07, 6.45) is 8.10. The smallest absolute Gasteiger partial charge is 0.225 e. The van der Waals surface area contributed by atoms with Crippen molar-refractivity contribution in [2.45, 2.75) is 38.3 Å². The molecular formula is C24H30N6O. The second-order valence-corrected chi connectivity index (χ2v) is 7.79. The van der Waals surface area contributed by atoms with Crippen LogP contribution >= 0.6 is 0 Å². The molecule has 162 valence electrons. The Morgan fingerprint density at radius 1 is 1.10 bits per heavy atom. The number of aromatic nitrogens is 2. The lowest BCUT2D eigenvalue weighted by atomic mass is 10.1. The highest BCUT2D eigenvalue weighted by atomic mass is 16.3. The first-order valence-electron chi connectivity index (χ1n) is 10.9. The maximum atomic E-state index is 5.44. The molecule has 31 heavy (non-hydrogen) atoms. The predicted octanol–water partition coefficient (Wildman–Crippen LogP) is 3.58. The Kier molecular flexibility index (Phi) is 7.16. The van der Waals surface area contributed by atoms with Crippen LogP contribution < -0.4 is 15.5 Å². The normalized spacial score (nSPS) is 16.2. The third kappa shape index (κ3) is 6.07. The van der Waals surface area contributed by atoms with Gasteiger partial charge in [0.05, 0.1) is 12.3 Å². The number of piperidine rings is 1. The lowest BCUT2D eigenvalue weighted by Crippen LogP contribution is -2.49. The summed E-state index contributed by atoms with van der Waals surface area (Å²) in [4.78, 5) is 15.8. The first kappa shape index (κ1) is 20.9. The zero-order chi connectivity index (χ0) is 21.3. The number of nitrogens with one attached hydrogen (secondary N) is 2. The van der Waals surface area contributed by atoms with Crippen LogP contribution in [0.2, 0.25) is 0 Å². The molecule has 1 atom stereocenters. The van der Waals surface area contributed by atoms with Crippen molar-refractivity contribution < 1.29 is 4.42 Å². The van der Waals surface area contributed by atoms with Gasteiger partial charge in [0, 0.05) is 44.5 Å². The van der Waals surface area contributed by atoms with Crippen LogP contribution in [0.15, 0.2) is 76.6 Å². The third-order valence-corrected chi connectivity index (χ3v) is 5.53. The minimum Gasteiger partial charge on any atom is -0.469 e. The number of furan rings is 1. The largest absolute Gasteiger partial charge is 0.469 e. The fourth-order valence-electron chi connectivity index (χ4n) is 3.77. The number of anilines is 1. The first-order valence-corrected chi connectivity index (χ1v) is 10.9. The van der Waals surface area contributed by atoms with Crippen LogP contribution in [-0.2, 0) is 6.42 Å². The lowest BCUT2D eigenvalue weighted by molar-refractivity contribution is 0.454. The van der Waals surface area contributed by atoms with Gasteiger partial charge in [-0.2, -0.15) is 0 Å². The van der Waals surface area contributed by atoms with Crippen LogP contribution in [-0.4, -0.2) is 41.6 Å². The number of nitrogens with zero attached hydrogens (tertiary/aromatic N) is 4. The molecule has 4 rings (SSSR count). The maximum Gasteiger partial charge on any atom is 0.225 e. The van der Waals surface area contributed by atoms with Crippen LogP contribution in [0.3, 0.4) is 0 Å². The van der Waals surface area contributed by atoms with Crippen LogP contribution in [0.1, 0.15) is 37.1 Å². The molecule has 1 unspecified atom stereocenters. The van der Waals surface area contributed by atoms with Crippen molar-refractivity contribution in [3.63, 3.8) is 0 Å². The van der Waals surface area contributed by atoms with Crippen molar-refractivity contribution in [1.82, 2.24) is 20.6 Å². The van der Waals surface area contributed by atoms with E-state index in [4.69, 9.17) is 9.41 Å². The van der Waals surface area contributed by atoms with Gasteiger partial charge in [0.25, 0.3) is 0 Å². The fraction of sp³-hybridized carbons (Fsp3) is 0.375. The zero-order valence-electron chi connectivity index (χ0n) is 17.9. The minimum atomic E-state index is 0.161. The number of hydrogen-bond acceptors (Lipinski definition) is 5. The summed E-state index contributed by atoms with van der Waals surface area (Å²) in [6, 6.07) is 16.7. The highest BCUT2D eigenvalue weighted by Gasteiger charge is 2.22. The molecule has 0 radical (unpaired) electrons. The van der Waals surface area contributed by atoms with Crippen molar-refractivity contribution >= 4 is 11.9 Å². The Balaban J connectivity index is 1.36. The van der Waals surface area contributed by atoms with E-state index >= 15 is 0 Å². The Morgan fingerprint density at radius 2 is 1.87 bits per heavy atom. The fourth-order valence-corrected chi connectivity index (χ4v) is 3.77. The molecule has 2 N–H and O–H groups in total. The highest BCUT2D eigenvalue weighted by Crippen LogP contribution is 2.16. The van der Waals surface area contributed by atoms with E-state index in [1.165, 1.54) is 5.56 Å². The van der Waals surface area contributed by atoms with Crippen molar-refractivity contribution in [2.24, 2.45) is 4.99 Å². The van der Waals surface area contributed by atoms with Gasteiger partial charge in [-0.15, -0.1) is 0 Å². The van der Waals surface area contributed by atoms with Gasteiger partial charge in [-0.1, -0.05) is 30.3 Å². The van der Waals surface area contributed by atoms with Gasteiger partial charge in [-0.25, -0.2) is 9.97 Å². The molecule has 1 aliphatic rings. The molecule has 3 aromatic rings. The van der Waals surface area contributed by atoms with Crippen LogP contribution in [0.4, 0.5) is 5.95 Å². The molecule has 1 saturated heterocycles. The summed E-state index contributed by atoms with van der Waals surface area (Å²) in [5.74, 6) is 2.61. The Labute approximate surface area is 183 Å². The van der Waals surface area contributed by atoms with Crippen molar-refractivity contribution in [1.29, 1.82) is 0 Å². The average Bonchev–Trinajstić information content (AvgIpc) is 3.34. The molecule has 0 bridgehead atoms. The van der Waals surface area contributed by atoms with Crippen LogP contribution in [0, 0.1) is 0 Å². The van der Waals surface area contributed by atoms with Gasteiger partial charge in [0.1, 0.15) is 5.76 Å². The van der Waals surface area contributed by atoms with E-state index in [0.29, 0.717) is 12.6 Å². The van der Waals surface area contributed by atoms with E-state index in [2.05, 4.69) is 56.7 Å². The quantitative estimate of drug-likeness (QED) is 0.451. The molecule has 0 saturated carbocycles. The van der Waals surface area contributed by atoms with Gasteiger partial charge in [0.2, 0.25) is 5.95 Å². The number of aliphatic imine (C=N–C) groups is 1. The van der Waals surface area contributed by atoms with Gasteiger partial charge < -0.3 is 20.0 Å². The molecule has 0 aliphatic carbocycles. The third-order valence-electron chi connectivity index (χ3n) is 5.53. The molecular weight excluding hydrogens is 388 g/mol. The SMILES string of the molecule is CC(NC(=NCCc1ccco1)NC1CCN(c2ncccn2)CC1)c1ccccc1. The van der Waals surface area contributed by atoms with E-state index in [0.717, 1.165) is 50.0 Å². The molecule has 1 fully saturated rings. The molecule has 3 heterocycles. The average molecular weight is 419 g/mol. The molecule has 0 spiro atoms. The van der Waals surface area contributed by atoms with Gasteiger partial charge in [-0.3, -0.25) is 4.99 Å². The summed E-state index contributed by atoms with van der Waals surface area (Å²) in [5.41, 5.74) is 1.24. The zero-order valence-corrected chi connectivity index (χ0v) is 17.9. The summed E-state index contributed by atoms with van der Waals surface area (Å²) in [6.45, 7) is 4.68. The first-order chi connectivity index (χ1) is 15.3. The summed E-state index contributed by atoms with van der Waals surface area (Å²) < 4.78 is 5.44. The maximum absolute atomic E-state index is 5.44.